The number of benzene rings is 3. The lowest BCUT2D eigenvalue weighted by atomic mass is 9.99. The highest BCUT2D eigenvalue weighted by Crippen LogP contribution is 2.45. The van der Waals surface area contributed by atoms with Crippen LogP contribution in [0.3, 0.4) is 0 Å². The number of amides is 1. The first-order valence-corrected chi connectivity index (χ1v) is 35.1. The number of ether oxygens (including phenoxy) is 9. The number of imidazole rings is 3. The van der Waals surface area contributed by atoms with E-state index < -0.39 is 31.3 Å². The first kappa shape index (κ1) is 74.6. The third kappa shape index (κ3) is 19.1. The molecule has 5 aliphatic rings. The van der Waals surface area contributed by atoms with Gasteiger partial charge in [0.05, 0.1) is 70.2 Å². The van der Waals surface area contributed by atoms with E-state index in [0.717, 1.165) is 83.0 Å². The maximum absolute atomic E-state index is 13.4. The minimum absolute atomic E-state index is 0.0123. The number of carbonyl (C=O) groups is 4. The van der Waals surface area contributed by atoms with E-state index in [-0.39, 0.29) is 105 Å². The van der Waals surface area contributed by atoms with E-state index in [1.807, 2.05) is 43.5 Å². The molecule has 6 aromatic heterocycles. The van der Waals surface area contributed by atoms with Crippen molar-refractivity contribution in [3.05, 3.63) is 132 Å². The number of fused-ring (bicyclic) bond motifs is 3. The number of likely N-dealkylation sites (tertiary alicyclic amines) is 1. The molecule has 14 rings (SSSR count). The van der Waals surface area contributed by atoms with Crippen molar-refractivity contribution in [1.29, 1.82) is 0 Å². The molecular formula is C77H83F7N8O13. The average Bonchev–Trinajstić information content (AvgIpc) is 1.50. The van der Waals surface area contributed by atoms with Crippen LogP contribution in [0.4, 0.5) is 35.5 Å². The molecular weight excluding hydrogens is 1380 g/mol. The Bertz CT molecular complexity index is 4600. The number of rotatable bonds is 27. The lowest BCUT2D eigenvalue weighted by Gasteiger charge is -2.34. The van der Waals surface area contributed by atoms with Crippen molar-refractivity contribution in [2.45, 2.75) is 130 Å². The van der Waals surface area contributed by atoms with Crippen LogP contribution >= 0.6 is 0 Å². The fourth-order valence-electron chi connectivity index (χ4n) is 13.0. The number of hydrogen-bond donors (Lipinski definition) is 1. The Morgan fingerprint density at radius 2 is 0.876 bits per heavy atom. The fraction of sp³-hybridized carbons (Fsp3) is 0.442. The molecule has 0 radical (unpaired) electrons. The molecule has 558 valence electrons. The number of piperidine rings is 2. The maximum Gasteiger partial charge on any atom is 0.410 e. The van der Waals surface area contributed by atoms with Crippen LogP contribution < -0.4 is 43.2 Å². The number of nitrogens with zero attached hydrogens (tertiary/aromatic N) is 7. The van der Waals surface area contributed by atoms with Crippen molar-refractivity contribution in [2.75, 3.05) is 60.7 Å². The van der Waals surface area contributed by atoms with Crippen LogP contribution in [0.5, 0.6) is 46.0 Å². The van der Waals surface area contributed by atoms with Crippen LogP contribution in [0.1, 0.15) is 135 Å². The standard InChI is InChI=1S/C31H37F2N3O6.C26H29F2N3O4.C20H17F3N2O3/c1-31(2,3)42-30(38)35-10-5-6-20(17-35)18-40-22-9-11-36-23(16-34-27(36)15-22)21-13-25(39-4)28(24(37)12-19-7-8-19)26(14-21)41-29(32)33;1-33-22-10-18(11-23(35-26(27)28)25(22)21(32)9-16-4-5-16)20-14-30-24-12-19(6-8-31(20)24)34-15-17-3-2-7-29-13-17;1-27-16-7-12(14-10-24-18-9-13(21)4-5-25(14)18)8-17(28-20(22)23)19(16)15(26)6-11-2-3-11/h9,11,13-16,19-20,29H,5-8,10,12,17-18H2,1-4H3;6,8,10-12,14,16-17,26,29H,2-5,7,9,13,15H2,1H3;4-5,7-11,20H,2-3,6H2,1H3/t20-;17-;/m11./s1. The lowest BCUT2D eigenvalue weighted by molar-refractivity contribution is -0.0509. The second-order valence-corrected chi connectivity index (χ2v) is 28.0. The van der Waals surface area contributed by atoms with Gasteiger partial charge in [0, 0.05) is 104 Å². The molecule has 105 heavy (non-hydrogen) atoms. The number of nitrogens with one attached hydrogen (secondary N) is 1. The predicted octanol–water partition coefficient (Wildman–Crippen LogP) is 16.3. The van der Waals surface area contributed by atoms with E-state index in [4.69, 9.17) is 37.9 Å². The third-order valence-corrected chi connectivity index (χ3v) is 18.7. The molecule has 0 unspecified atom stereocenters. The Kier molecular flexibility index (Phi) is 23.4. The van der Waals surface area contributed by atoms with E-state index in [0.29, 0.717) is 101 Å². The fourth-order valence-corrected chi connectivity index (χ4v) is 13.0. The topological polar surface area (TPSA) is 219 Å². The van der Waals surface area contributed by atoms with Crippen LogP contribution in [0.2, 0.25) is 0 Å². The number of ketones is 3. The molecule has 2 saturated heterocycles. The number of alkyl halides is 6. The van der Waals surface area contributed by atoms with E-state index in [1.54, 1.807) is 62.6 Å². The monoisotopic (exact) mass is 1460 g/mol. The van der Waals surface area contributed by atoms with Crippen molar-refractivity contribution in [3.63, 3.8) is 0 Å². The molecule has 5 fully saturated rings. The summed E-state index contributed by atoms with van der Waals surface area (Å²) in [6, 6.07) is 19.0. The maximum atomic E-state index is 13.4. The van der Waals surface area contributed by atoms with Gasteiger partial charge in [-0.25, -0.2) is 24.1 Å². The second-order valence-electron chi connectivity index (χ2n) is 28.0. The first-order chi connectivity index (χ1) is 50.5. The number of methoxy groups -OCH3 is 3. The molecule has 2 aliphatic heterocycles. The van der Waals surface area contributed by atoms with E-state index in [2.05, 4.69) is 25.0 Å². The summed E-state index contributed by atoms with van der Waals surface area (Å²) in [6.07, 6.45) is 20.3. The molecule has 3 aromatic carbocycles. The molecule has 9 aromatic rings. The smallest absolute Gasteiger partial charge is 0.410 e. The van der Waals surface area contributed by atoms with Crippen molar-refractivity contribution in [3.8, 4) is 79.8 Å². The van der Waals surface area contributed by atoms with Gasteiger partial charge in [-0.05, 0) is 164 Å². The number of aromatic nitrogens is 6. The SMILES string of the molecule is COc1cc(-c2cnc3cc(F)ccn23)cc(OC(F)F)c1C(=O)CC1CC1.COc1cc(-c2cnc3cc(OC[C@@H]4CCCN(C(=O)OC(C)(C)C)C4)ccn23)cc(OC(F)F)c1C(=O)CC1CC1.COc1cc(-c2cnc3cc(OC[C@@H]4CCCNC4)ccn23)cc(OC(F)F)c1C(=O)CC1CC1. The number of pyridine rings is 3. The van der Waals surface area contributed by atoms with E-state index >= 15 is 0 Å². The molecule has 3 aliphatic carbocycles. The molecule has 8 heterocycles. The van der Waals surface area contributed by atoms with Gasteiger partial charge < -0.3 is 52.8 Å². The molecule has 1 N–H and O–H groups in total. The van der Waals surface area contributed by atoms with Crippen LogP contribution in [0.15, 0.2) is 110 Å². The van der Waals surface area contributed by atoms with Crippen LogP contribution in [0.25, 0.3) is 50.7 Å². The van der Waals surface area contributed by atoms with Gasteiger partial charge in [-0.15, -0.1) is 0 Å². The van der Waals surface area contributed by atoms with Gasteiger partial charge in [-0.3, -0.25) is 27.6 Å². The Morgan fingerprint density at radius 1 is 0.495 bits per heavy atom. The second kappa shape index (κ2) is 32.9. The highest BCUT2D eigenvalue weighted by Gasteiger charge is 2.35. The molecule has 2 atom stereocenters. The third-order valence-electron chi connectivity index (χ3n) is 18.7. The molecule has 21 nitrogen and oxygen atoms in total. The van der Waals surface area contributed by atoms with Crippen LogP contribution in [-0.4, -0.2) is 143 Å². The van der Waals surface area contributed by atoms with E-state index in [1.165, 1.54) is 64.1 Å². The average molecular weight is 1460 g/mol. The minimum atomic E-state index is -3.10. The largest absolute Gasteiger partial charge is 0.496 e. The summed E-state index contributed by atoms with van der Waals surface area (Å²) in [5, 5.41) is 3.39. The minimum Gasteiger partial charge on any atom is -0.496 e. The van der Waals surface area contributed by atoms with Gasteiger partial charge in [0.2, 0.25) is 0 Å². The van der Waals surface area contributed by atoms with Gasteiger partial charge in [-0.1, -0.05) is 0 Å². The molecule has 3 saturated carbocycles. The van der Waals surface area contributed by atoms with Gasteiger partial charge in [0.25, 0.3) is 0 Å². The summed E-state index contributed by atoms with van der Waals surface area (Å²) in [7, 11) is 4.18. The molecule has 0 spiro atoms. The lowest BCUT2D eigenvalue weighted by Crippen LogP contribution is -2.44. The number of carbonyl (C=O) groups excluding carboxylic acids is 4. The Morgan fingerprint density at radius 3 is 1.25 bits per heavy atom. The zero-order valence-corrected chi connectivity index (χ0v) is 59.0. The highest BCUT2D eigenvalue weighted by molar-refractivity contribution is 6.04. The summed E-state index contributed by atoms with van der Waals surface area (Å²) in [5.74, 6) is 1.49. The van der Waals surface area contributed by atoms with Crippen molar-refractivity contribution < 1.29 is 92.5 Å². The van der Waals surface area contributed by atoms with Crippen LogP contribution in [0, 0.1) is 35.4 Å². The van der Waals surface area contributed by atoms with Crippen molar-refractivity contribution in [2.24, 2.45) is 29.6 Å². The molecule has 1 amide bonds. The molecule has 28 heteroatoms. The summed E-state index contributed by atoms with van der Waals surface area (Å²) < 4.78 is 146. The van der Waals surface area contributed by atoms with Crippen LogP contribution in [-0.2, 0) is 4.74 Å². The van der Waals surface area contributed by atoms with Gasteiger partial charge in [0.1, 0.15) is 91.0 Å². The summed E-state index contributed by atoms with van der Waals surface area (Å²) >= 11 is 0. The predicted molar refractivity (Wildman–Crippen MR) is 374 cm³/mol. The van der Waals surface area contributed by atoms with Crippen molar-refractivity contribution >= 4 is 40.4 Å². The van der Waals surface area contributed by atoms with Gasteiger partial charge in [0.15, 0.2) is 17.3 Å². The highest BCUT2D eigenvalue weighted by atomic mass is 19.3. The summed E-state index contributed by atoms with van der Waals surface area (Å²) in [4.78, 5) is 65.8. The summed E-state index contributed by atoms with van der Waals surface area (Å²) in [5.41, 5.74) is 4.46. The Labute approximate surface area is 601 Å². The Balaban J connectivity index is 0.000000151. The number of Topliss-reactive ketones (excluding diaryl/α,β-unsaturated/α-hetero) is 3. The normalized spacial score (nSPS) is 16.7. The van der Waals surface area contributed by atoms with E-state index in [9.17, 15) is 49.9 Å². The zero-order chi connectivity index (χ0) is 74.2. The number of hydrogen-bond acceptors (Lipinski definition) is 17. The van der Waals surface area contributed by atoms with Crippen molar-refractivity contribution in [1.82, 2.24) is 38.4 Å². The van der Waals surface area contributed by atoms with Gasteiger partial charge >= 0.3 is 25.9 Å². The number of halogens is 7. The Hall–Kier alpha value is -10.1. The van der Waals surface area contributed by atoms with Gasteiger partial charge in [-0.2, -0.15) is 26.3 Å². The first-order valence-electron chi connectivity index (χ1n) is 35.1. The zero-order valence-electron chi connectivity index (χ0n) is 59.0. The summed E-state index contributed by atoms with van der Waals surface area (Å²) in [6.45, 7) is 0.620. The quantitative estimate of drug-likeness (QED) is 0.0374. The molecule has 0 bridgehead atoms.